The molecule has 2 fully saturated rings. The van der Waals surface area contributed by atoms with E-state index in [1.165, 1.54) is 13.3 Å². The van der Waals surface area contributed by atoms with Gasteiger partial charge in [0.1, 0.15) is 11.3 Å². The highest BCUT2D eigenvalue weighted by molar-refractivity contribution is 5.97. The van der Waals surface area contributed by atoms with Gasteiger partial charge in [0.15, 0.2) is 11.6 Å². The molecule has 0 spiro atoms. The summed E-state index contributed by atoms with van der Waals surface area (Å²) in [6, 6.07) is 0.877. The molecule has 1 atom stereocenters. The Hall–Kier alpha value is -2.65. The Balaban J connectivity index is 2.05. The molecule has 0 aliphatic carbocycles. The number of anilines is 1. The van der Waals surface area contributed by atoms with Gasteiger partial charge in [0, 0.05) is 25.3 Å². The van der Waals surface area contributed by atoms with Gasteiger partial charge < -0.3 is 29.8 Å². The Morgan fingerprint density at radius 2 is 2.19 bits per heavy atom. The van der Waals surface area contributed by atoms with Gasteiger partial charge in [-0.05, 0) is 12.5 Å². The second-order valence-corrected chi connectivity index (χ2v) is 6.91. The third-order valence-corrected chi connectivity index (χ3v) is 5.19. The van der Waals surface area contributed by atoms with E-state index in [0.717, 1.165) is 12.5 Å². The Kier molecular flexibility index (Phi) is 4.27. The van der Waals surface area contributed by atoms with Gasteiger partial charge >= 0.3 is 5.97 Å². The Labute approximate surface area is 153 Å². The van der Waals surface area contributed by atoms with Crippen LogP contribution in [0, 0.1) is 5.82 Å². The number of hydrogen-bond acceptors (Lipinski definition) is 6. The van der Waals surface area contributed by atoms with Crippen LogP contribution in [-0.4, -0.2) is 55.1 Å². The standard InChI is InChI=1S/C18H20FN3O5/c1-26-17-14-11(4-13(19)15(17)21-3-2-9(20)5-21)16(23)12(18(24)25)6-22(14)10-7-27-8-10/h4,6,9-10H,2-3,5,7-8,20H2,1H3,(H,24,25). The molecule has 0 amide bonds. The summed E-state index contributed by atoms with van der Waals surface area (Å²) in [5.41, 5.74) is 5.43. The summed E-state index contributed by atoms with van der Waals surface area (Å²) < 4.78 is 27.4. The number of fused-ring (bicyclic) bond motifs is 1. The second kappa shape index (κ2) is 6.50. The van der Waals surface area contributed by atoms with E-state index in [-0.39, 0.29) is 28.9 Å². The molecular formula is C18H20FN3O5. The normalized spacial score (nSPS) is 20.1. The number of nitrogens with two attached hydrogens (primary N) is 1. The van der Waals surface area contributed by atoms with Crippen LogP contribution in [0.1, 0.15) is 22.8 Å². The van der Waals surface area contributed by atoms with Crippen molar-refractivity contribution in [3.63, 3.8) is 0 Å². The molecule has 3 N–H and O–H groups in total. The van der Waals surface area contributed by atoms with Crippen LogP contribution in [-0.2, 0) is 4.74 Å². The lowest BCUT2D eigenvalue weighted by Crippen LogP contribution is -2.33. The molecule has 0 bridgehead atoms. The molecule has 1 unspecified atom stereocenters. The first-order valence-corrected chi connectivity index (χ1v) is 8.69. The lowest BCUT2D eigenvalue weighted by atomic mass is 10.1. The van der Waals surface area contributed by atoms with E-state index in [0.29, 0.717) is 31.8 Å². The summed E-state index contributed by atoms with van der Waals surface area (Å²) in [6.07, 6.45) is 2.02. The molecule has 8 nitrogen and oxygen atoms in total. The Morgan fingerprint density at radius 1 is 1.44 bits per heavy atom. The summed E-state index contributed by atoms with van der Waals surface area (Å²) in [5, 5.41) is 9.36. The van der Waals surface area contributed by atoms with Gasteiger partial charge in [0.2, 0.25) is 5.43 Å². The van der Waals surface area contributed by atoms with Crippen molar-refractivity contribution in [3.05, 3.63) is 33.9 Å². The zero-order chi connectivity index (χ0) is 19.3. The highest BCUT2D eigenvalue weighted by Gasteiger charge is 2.31. The first-order valence-electron chi connectivity index (χ1n) is 8.69. The zero-order valence-corrected chi connectivity index (χ0v) is 14.8. The predicted octanol–water partition coefficient (Wildman–Crippen LogP) is 0.956. The molecule has 1 aromatic carbocycles. The maximum Gasteiger partial charge on any atom is 0.341 e. The summed E-state index contributed by atoms with van der Waals surface area (Å²) in [6.45, 7) is 1.80. The predicted molar refractivity (Wildman–Crippen MR) is 96.3 cm³/mol. The molecule has 0 radical (unpaired) electrons. The van der Waals surface area contributed by atoms with E-state index in [9.17, 15) is 14.7 Å². The molecule has 2 saturated heterocycles. The summed E-state index contributed by atoms with van der Waals surface area (Å²) >= 11 is 0. The number of benzene rings is 1. The number of methoxy groups -OCH3 is 1. The molecule has 3 heterocycles. The lowest BCUT2D eigenvalue weighted by molar-refractivity contribution is -0.0218. The van der Waals surface area contributed by atoms with Crippen LogP contribution in [0.25, 0.3) is 10.9 Å². The van der Waals surface area contributed by atoms with Gasteiger partial charge in [-0.1, -0.05) is 0 Å². The number of hydrogen-bond donors (Lipinski definition) is 2. The minimum atomic E-state index is -1.36. The first-order chi connectivity index (χ1) is 12.9. The smallest absolute Gasteiger partial charge is 0.341 e. The molecule has 0 saturated carbocycles. The second-order valence-electron chi connectivity index (χ2n) is 6.91. The maximum absolute atomic E-state index is 15.0. The van der Waals surface area contributed by atoms with Crippen molar-refractivity contribution in [2.45, 2.75) is 18.5 Å². The average molecular weight is 377 g/mol. The number of carbonyl (C=O) groups is 1. The lowest BCUT2D eigenvalue weighted by Gasteiger charge is -2.32. The average Bonchev–Trinajstić information content (AvgIpc) is 3.00. The number of aromatic carboxylic acids is 1. The van der Waals surface area contributed by atoms with Crippen molar-refractivity contribution >= 4 is 22.6 Å². The van der Waals surface area contributed by atoms with Gasteiger partial charge in [-0.25, -0.2) is 9.18 Å². The number of ether oxygens (including phenoxy) is 2. The molecule has 27 heavy (non-hydrogen) atoms. The number of carboxylic acid groups (broad SMARTS) is 1. The fourth-order valence-corrected chi connectivity index (χ4v) is 3.75. The molecule has 4 rings (SSSR count). The minimum Gasteiger partial charge on any atom is -0.492 e. The highest BCUT2D eigenvalue weighted by atomic mass is 19.1. The van der Waals surface area contributed by atoms with Gasteiger partial charge in [0.25, 0.3) is 0 Å². The molecule has 2 aromatic rings. The zero-order valence-electron chi connectivity index (χ0n) is 14.8. The van der Waals surface area contributed by atoms with Crippen molar-refractivity contribution in [2.75, 3.05) is 38.3 Å². The number of aromatic nitrogens is 1. The van der Waals surface area contributed by atoms with E-state index in [2.05, 4.69) is 0 Å². The quantitative estimate of drug-likeness (QED) is 0.817. The fourth-order valence-electron chi connectivity index (χ4n) is 3.75. The number of rotatable bonds is 4. The Morgan fingerprint density at radius 3 is 2.70 bits per heavy atom. The third-order valence-electron chi connectivity index (χ3n) is 5.19. The van der Waals surface area contributed by atoms with Crippen LogP contribution in [0.2, 0.25) is 0 Å². The van der Waals surface area contributed by atoms with E-state index in [4.69, 9.17) is 15.2 Å². The topological polar surface area (TPSA) is 107 Å². The van der Waals surface area contributed by atoms with Gasteiger partial charge in [-0.15, -0.1) is 0 Å². The molecular weight excluding hydrogens is 357 g/mol. The van der Waals surface area contributed by atoms with E-state index in [1.807, 2.05) is 0 Å². The van der Waals surface area contributed by atoms with Gasteiger partial charge in [0.05, 0.1) is 37.3 Å². The molecule has 1 aromatic heterocycles. The van der Waals surface area contributed by atoms with Crippen molar-refractivity contribution < 1.29 is 23.8 Å². The van der Waals surface area contributed by atoms with Crippen molar-refractivity contribution in [2.24, 2.45) is 5.73 Å². The summed E-state index contributed by atoms with van der Waals surface area (Å²) in [5.74, 6) is -1.78. The van der Waals surface area contributed by atoms with Crippen LogP contribution >= 0.6 is 0 Å². The maximum atomic E-state index is 15.0. The van der Waals surface area contributed by atoms with E-state index < -0.39 is 22.8 Å². The SMILES string of the molecule is COc1c(N2CCC(N)C2)c(F)cc2c(=O)c(C(=O)O)cn(C3COC3)c12. The minimum absolute atomic E-state index is 0.0246. The molecule has 2 aliphatic heterocycles. The largest absolute Gasteiger partial charge is 0.492 e. The Bertz CT molecular complexity index is 985. The van der Waals surface area contributed by atoms with Crippen LogP contribution in [0.3, 0.4) is 0 Å². The number of nitrogens with zero attached hydrogens (tertiary/aromatic N) is 2. The number of halogens is 1. The van der Waals surface area contributed by atoms with Crippen LogP contribution in [0.5, 0.6) is 5.75 Å². The summed E-state index contributed by atoms with van der Waals surface area (Å²) in [4.78, 5) is 26.0. The van der Waals surface area contributed by atoms with Gasteiger partial charge in [-0.3, -0.25) is 4.79 Å². The number of pyridine rings is 1. The monoisotopic (exact) mass is 377 g/mol. The van der Waals surface area contributed by atoms with Crippen molar-refractivity contribution in [1.29, 1.82) is 0 Å². The van der Waals surface area contributed by atoms with Crippen molar-refractivity contribution in [1.82, 2.24) is 4.57 Å². The fraction of sp³-hybridized carbons (Fsp3) is 0.444. The van der Waals surface area contributed by atoms with Crippen LogP contribution < -0.4 is 20.8 Å². The summed E-state index contributed by atoms with van der Waals surface area (Å²) in [7, 11) is 1.41. The molecule has 144 valence electrons. The third kappa shape index (κ3) is 2.74. The highest BCUT2D eigenvalue weighted by Crippen LogP contribution is 2.40. The van der Waals surface area contributed by atoms with Crippen molar-refractivity contribution in [3.8, 4) is 5.75 Å². The first kappa shape index (κ1) is 17.7. The molecule has 2 aliphatic rings. The molecule has 9 heteroatoms. The van der Waals surface area contributed by atoms with E-state index >= 15 is 4.39 Å². The number of carboxylic acids is 1. The van der Waals surface area contributed by atoms with E-state index in [1.54, 1.807) is 9.47 Å². The van der Waals surface area contributed by atoms with Gasteiger partial charge in [-0.2, -0.15) is 0 Å². The van der Waals surface area contributed by atoms with Crippen LogP contribution in [0.15, 0.2) is 17.1 Å². The van der Waals surface area contributed by atoms with Crippen LogP contribution in [0.4, 0.5) is 10.1 Å².